The molecule has 1 aromatic rings. The highest BCUT2D eigenvalue weighted by atomic mass is 16.3. The third kappa shape index (κ3) is 3.94. The lowest BCUT2D eigenvalue weighted by atomic mass is 9.58. The minimum atomic E-state index is -2.65. The van der Waals surface area contributed by atoms with Crippen molar-refractivity contribution in [2.45, 2.75) is 37.5 Å². The highest BCUT2D eigenvalue weighted by molar-refractivity contribution is 6.24. The predicted molar refractivity (Wildman–Crippen MR) is 147 cm³/mol. The standard InChI is InChI=1S/C29H36N4O7/c1-31(2)18-12-15(13-33-8-6-5-7-9-33)23(34)20-16(18)10-14-11-17-22(32(3)4)25(36)21(28(30)39)27(38)29(17,40)26(37)19(14)24(20)35/h5-6,12,14,17,22,34,36-37,40H,7-11,13H2,1-4H3,(H2,30,39)/t14-,17-,22?,29-/m0/s1. The van der Waals surface area contributed by atoms with Crippen LogP contribution in [0.4, 0.5) is 5.69 Å². The quantitative estimate of drug-likeness (QED) is 0.262. The molecular weight excluding hydrogens is 516 g/mol. The number of hydrogen-bond acceptors (Lipinski definition) is 10. The van der Waals surface area contributed by atoms with Crippen LogP contribution in [-0.2, 0) is 22.6 Å². The van der Waals surface area contributed by atoms with E-state index in [2.05, 4.69) is 17.1 Å². The van der Waals surface area contributed by atoms with Gasteiger partial charge < -0.3 is 31.1 Å². The molecule has 11 nitrogen and oxygen atoms in total. The molecule has 11 heteroatoms. The highest BCUT2D eigenvalue weighted by Gasteiger charge is 2.63. The van der Waals surface area contributed by atoms with E-state index in [-0.39, 0.29) is 29.7 Å². The monoisotopic (exact) mass is 552 g/mol. The first-order chi connectivity index (χ1) is 18.8. The summed E-state index contributed by atoms with van der Waals surface area (Å²) in [6.45, 7) is 1.92. The maximum Gasteiger partial charge on any atom is 0.255 e. The second-order valence-electron chi connectivity index (χ2n) is 11.6. The molecule has 1 aromatic carbocycles. The lowest BCUT2D eigenvalue weighted by Crippen LogP contribution is -2.63. The number of amides is 1. The van der Waals surface area contributed by atoms with Gasteiger partial charge in [0.1, 0.15) is 22.8 Å². The zero-order chi connectivity index (χ0) is 29.3. The zero-order valence-electron chi connectivity index (χ0n) is 23.1. The Balaban J connectivity index is 1.68. The molecule has 1 heterocycles. The van der Waals surface area contributed by atoms with Crippen molar-refractivity contribution in [3.63, 3.8) is 0 Å². The molecule has 4 aliphatic rings. The van der Waals surface area contributed by atoms with Gasteiger partial charge >= 0.3 is 0 Å². The summed E-state index contributed by atoms with van der Waals surface area (Å²) in [4.78, 5) is 45.3. The van der Waals surface area contributed by atoms with Gasteiger partial charge in [-0.2, -0.15) is 0 Å². The van der Waals surface area contributed by atoms with E-state index in [1.54, 1.807) is 14.1 Å². The molecule has 0 saturated heterocycles. The molecule has 0 spiro atoms. The number of anilines is 1. The van der Waals surface area contributed by atoms with Gasteiger partial charge in [-0.15, -0.1) is 0 Å². The van der Waals surface area contributed by atoms with Gasteiger partial charge in [0, 0.05) is 56.5 Å². The smallest absolute Gasteiger partial charge is 0.255 e. The zero-order valence-corrected chi connectivity index (χ0v) is 23.1. The second kappa shape index (κ2) is 9.76. The van der Waals surface area contributed by atoms with Crippen molar-refractivity contribution in [1.82, 2.24) is 9.80 Å². The van der Waals surface area contributed by atoms with Crippen LogP contribution in [0.2, 0.25) is 0 Å². The van der Waals surface area contributed by atoms with Gasteiger partial charge in [0.05, 0.1) is 11.6 Å². The number of aliphatic hydroxyl groups excluding tert-OH is 2. The van der Waals surface area contributed by atoms with Gasteiger partial charge in [0.2, 0.25) is 5.78 Å². The van der Waals surface area contributed by atoms with Crippen LogP contribution >= 0.6 is 0 Å². The number of aliphatic hydroxyl groups is 3. The van der Waals surface area contributed by atoms with Gasteiger partial charge in [0.15, 0.2) is 11.4 Å². The Morgan fingerprint density at radius 1 is 1.15 bits per heavy atom. The first-order valence-electron chi connectivity index (χ1n) is 13.4. The molecule has 4 atom stereocenters. The molecule has 1 amide bonds. The molecule has 1 aliphatic heterocycles. The topological polar surface area (TPSA) is 168 Å². The van der Waals surface area contributed by atoms with Crippen LogP contribution in [-0.4, -0.2) is 101 Å². The number of fused-ring (bicyclic) bond motifs is 3. The largest absolute Gasteiger partial charge is 0.510 e. The van der Waals surface area contributed by atoms with E-state index in [1.165, 1.54) is 4.90 Å². The Kier molecular flexibility index (Phi) is 6.80. The third-order valence-electron chi connectivity index (χ3n) is 8.80. The number of carbonyl (C=O) groups is 3. The van der Waals surface area contributed by atoms with Crippen molar-refractivity contribution in [3.05, 3.63) is 57.6 Å². The van der Waals surface area contributed by atoms with E-state index in [1.807, 2.05) is 25.1 Å². The van der Waals surface area contributed by atoms with E-state index < -0.39 is 58.0 Å². The van der Waals surface area contributed by atoms with Gasteiger partial charge in [-0.05, 0) is 50.9 Å². The Morgan fingerprint density at radius 3 is 2.42 bits per heavy atom. The number of benzene rings is 1. The van der Waals surface area contributed by atoms with Crippen molar-refractivity contribution in [2.75, 3.05) is 46.2 Å². The van der Waals surface area contributed by atoms with E-state index >= 15 is 0 Å². The maximum atomic E-state index is 14.1. The molecule has 0 fully saturated rings. The van der Waals surface area contributed by atoms with Crippen molar-refractivity contribution in [2.24, 2.45) is 17.6 Å². The fourth-order valence-corrected chi connectivity index (χ4v) is 6.95. The number of nitrogens with zero attached hydrogens (tertiary/aromatic N) is 3. The van der Waals surface area contributed by atoms with Crippen LogP contribution in [0.3, 0.4) is 0 Å². The molecule has 1 unspecified atom stereocenters. The number of hydrogen-bond donors (Lipinski definition) is 5. The lowest BCUT2D eigenvalue weighted by Gasteiger charge is -2.50. The van der Waals surface area contributed by atoms with Crippen LogP contribution in [0.25, 0.3) is 0 Å². The third-order valence-corrected chi connectivity index (χ3v) is 8.80. The van der Waals surface area contributed by atoms with Gasteiger partial charge in [-0.3, -0.25) is 24.2 Å². The summed E-state index contributed by atoms with van der Waals surface area (Å²) in [5, 5.41) is 45.6. The summed E-state index contributed by atoms with van der Waals surface area (Å²) in [5.74, 6) is -6.46. The molecule has 5 rings (SSSR count). The summed E-state index contributed by atoms with van der Waals surface area (Å²) in [5.41, 5.74) is 3.74. The average molecular weight is 553 g/mol. The SMILES string of the molecule is CN(C)c1cc(CN2CC=CCC2)c(O)c2c1C[C@H]1C[C@H]3C(N(C)C)C(O)=C(C(N)=O)C(=O)[C@@]3(O)C(O)=C1C2=O. The fourth-order valence-electron chi connectivity index (χ4n) is 6.95. The number of aromatic hydroxyl groups is 1. The van der Waals surface area contributed by atoms with Crippen molar-refractivity contribution < 1.29 is 34.8 Å². The molecule has 0 radical (unpaired) electrons. The lowest BCUT2D eigenvalue weighted by molar-refractivity contribution is -0.148. The highest BCUT2D eigenvalue weighted by Crippen LogP contribution is 2.53. The number of phenolic OH excluding ortho intramolecular Hbond substituents is 1. The van der Waals surface area contributed by atoms with Crippen LogP contribution in [0.15, 0.2) is 40.9 Å². The van der Waals surface area contributed by atoms with E-state index in [9.17, 15) is 34.8 Å². The van der Waals surface area contributed by atoms with Gasteiger partial charge in [0.25, 0.3) is 5.91 Å². The normalized spacial score (nSPS) is 28.5. The van der Waals surface area contributed by atoms with Gasteiger partial charge in [-0.25, -0.2) is 0 Å². The Labute approximate surface area is 232 Å². The van der Waals surface area contributed by atoms with Gasteiger partial charge in [-0.1, -0.05) is 12.2 Å². The number of phenols is 1. The minimum Gasteiger partial charge on any atom is -0.510 e. The second-order valence-corrected chi connectivity index (χ2v) is 11.6. The Bertz CT molecular complexity index is 1410. The summed E-state index contributed by atoms with van der Waals surface area (Å²) in [6.07, 6.45) is 5.34. The molecule has 40 heavy (non-hydrogen) atoms. The molecule has 3 aliphatic carbocycles. The summed E-state index contributed by atoms with van der Waals surface area (Å²) in [6, 6.07) is 0.863. The van der Waals surface area contributed by atoms with Crippen LogP contribution in [0.1, 0.15) is 34.3 Å². The predicted octanol–water partition coefficient (Wildman–Crippen LogP) is 0.949. The maximum absolute atomic E-state index is 14.1. The first kappa shape index (κ1) is 27.9. The molecular formula is C29H36N4O7. The number of carbonyl (C=O) groups excluding carboxylic acids is 3. The molecule has 0 saturated carbocycles. The van der Waals surface area contributed by atoms with E-state index in [0.29, 0.717) is 24.2 Å². The molecule has 0 bridgehead atoms. The number of ketones is 2. The first-order valence-corrected chi connectivity index (χ1v) is 13.4. The summed E-state index contributed by atoms with van der Waals surface area (Å²) in [7, 11) is 6.91. The van der Waals surface area contributed by atoms with E-state index in [0.717, 1.165) is 18.7 Å². The van der Waals surface area contributed by atoms with E-state index in [4.69, 9.17) is 5.73 Å². The van der Waals surface area contributed by atoms with Crippen molar-refractivity contribution in [1.29, 1.82) is 0 Å². The number of Topliss-reactive ketones (excluding diaryl/α,β-unsaturated/α-hetero) is 2. The van der Waals surface area contributed by atoms with Crippen LogP contribution < -0.4 is 10.6 Å². The number of rotatable bonds is 5. The fraction of sp³-hybridized carbons (Fsp3) is 0.483. The molecule has 0 aromatic heterocycles. The molecule has 6 N–H and O–H groups in total. The molecule has 214 valence electrons. The van der Waals surface area contributed by atoms with Crippen LogP contribution in [0, 0.1) is 11.8 Å². The number of allylic oxidation sites excluding steroid dienone is 1. The van der Waals surface area contributed by atoms with Crippen LogP contribution in [0.5, 0.6) is 5.75 Å². The Morgan fingerprint density at radius 2 is 1.85 bits per heavy atom. The number of likely N-dealkylation sites (N-methyl/N-ethyl adjacent to an activating group) is 1. The average Bonchev–Trinajstić information content (AvgIpc) is 2.87. The van der Waals surface area contributed by atoms with Crippen molar-refractivity contribution >= 4 is 23.2 Å². The van der Waals surface area contributed by atoms with Crippen molar-refractivity contribution in [3.8, 4) is 5.75 Å². The Hall–Kier alpha value is -3.67. The minimum absolute atomic E-state index is 0.0366. The summed E-state index contributed by atoms with van der Waals surface area (Å²) >= 11 is 0. The number of primary amides is 1. The summed E-state index contributed by atoms with van der Waals surface area (Å²) < 4.78 is 0. The number of nitrogens with two attached hydrogens (primary N) is 1.